The van der Waals surface area contributed by atoms with Crippen molar-refractivity contribution in [2.24, 2.45) is 11.4 Å². The van der Waals surface area contributed by atoms with Gasteiger partial charge in [-0.1, -0.05) is 30.3 Å². The van der Waals surface area contributed by atoms with Crippen LogP contribution in [0, 0.1) is 0 Å². The van der Waals surface area contributed by atoms with Gasteiger partial charge in [0.2, 0.25) is 0 Å². The van der Waals surface area contributed by atoms with Crippen molar-refractivity contribution in [3.05, 3.63) is 54.1 Å². The lowest BCUT2D eigenvalue weighted by Gasteiger charge is -2.07. The summed E-state index contributed by atoms with van der Waals surface area (Å²) in [6.07, 6.45) is 0.969. The van der Waals surface area contributed by atoms with Crippen LogP contribution in [-0.4, -0.2) is 32.8 Å². The van der Waals surface area contributed by atoms with Gasteiger partial charge in [0.15, 0.2) is 0 Å². The minimum absolute atomic E-state index is 0.121. The second kappa shape index (κ2) is 7.36. The molecule has 1 aromatic heterocycles. The van der Waals surface area contributed by atoms with Gasteiger partial charge in [-0.25, -0.2) is 0 Å². The van der Waals surface area contributed by atoms with Crippen molar-refractivity contribution in [2.75, 3.05) is 7.11 Å². The van der Waals surface area contributed by atoms with E-state index in [2.05, 4.69) is 15.9 Å². The number of aromatic nitrogens is 1. The lowest BCUT2D eigenvalue weighted by molar-refractivity contribution is -0.140. The Labute approximate surface area is 158 Å². The lowest BCUT2D eigenvalue weighted by atomic mass is 10.1. The van der Waals surface area contributed by atoms with Gasteiger partial charge in [0.05, 0.1) is 12.0 Å². The molecule has 27 heavy (non-hydrogen) atoms. The van der Waals surface area contributed by atoms with Crippen LogP contribution in [0.2, 0.25) is 0 Å². The van der Waals surface area contributed by atoms with E-state index in [0.29, 0.717) is 12.8 Å². The number of methoxy groups -OCH3 is 1. The van der Waals surface area contributed by atoms with Crippen molar-refractivity contribution in [1.82, 2.24) is 4.57 Å². The van der Waals surface area contributed by atoms with E-state index in [9.17, 15) is 13.2 Å². The van der Waals surface area contributed by atoms with Crippen molar-refractivity contribution in [1.29, 1.82) is 0 Å². The largest absolute Gasteiger partial charge is 0.469 e. The molecule has 0 aliphatic heterocycles. The monoisotopic (exact) mass is 384 g/mol. The third-order valence-corrected chi connectivity index (χ3v) is 5.77. The quantitative estimate of drug-likeness (QED) is 0.482. The Balaban J connectivity index is 1.94. The predicted molar refractivity (Wildman–Crippen MR) is 105 cm³/mol. The number of rotatable bonds is 6. The molecule has 0 saturated heterocycles. The average molecular weight is 384 g/mol. The van der Waals surface area contributed by atoms with Gasteiger partial charge in [-0.15, -0.1) is 0 Å². The number of carbonyl (C=O) groups is 1. The van der Waals surface area contributed by atoms with E-state index in [1.807, 2.05) is 41.9 Å². The molecule has 0 radical (unpaired) electrons. The maximum absolute atomic E-state index is 11.9. The van der Waals surface area contributed by atoms with Crippen LogP contribution in [-0.2, 0) is 33.0 Å². The molecule has 0 amide bonds. The molecule has 140 valence electrons. The highest BCUT2D eigenvalue weighted by Crippen LogP contribution is 2.29. The van der Waals surface area contributed by atoms with Gasteiger partial charge in [0, 0.05) is 36.8 Å². The fourth-order valence-electron chi connectivity index (χ4n) is 3.01. The SMILES string of the molecule is C=NS(=O)(=O)c1ccc2cc(-c3ccc(CCC(=O)OC)cc3)n(C)c2c1. The van der Waals surface area contributed by atoms with Gasteiger partial charge in [-0.3, -0.25) is 4.79 Å². The number of benzene rings is 2. The van der Waals surface area contributed by atoms with Crippen LogP contribution in [0.25, 0.3) is 22.2 Å². The summed E-state index contributed by atoms with van der Waals surface area (Å²) in [5.74, 6) is -0.229. The van der Waals surface area contributed by atoms with Crippen LogP contribution >= 0.6 is 0 Å². The molecular formula is C20H20N2O4S. The summed E-state index contributed by atoms with van der Waals surface area (Å²) >= 11 is 0. The predicted octanol–water partition coefficient (Wildman–Crippen LogP) is 3.34. The Morgan fingerprint density at radius 1 is 1.15 bits per heavy atom. The summed E-state index contributed by atoms with van der Waals surface area (Å²) in [4.78, 5) is 11.4. The van der Waals surface area contributed by atoms with Crippen LogP contribution in [0.15, 0.2) is 57.8 Å². The molecule has 0 aliphatic carbocycles. The van der Waals surface area contributed by atoms with Crippen LogP contribution < -0.4 is 0 Å². The maximum Gasteiger partial charge on any atom is 0.305 e. The van der Waals surface area contributed by atoms with Gasteiger partial charge in [-0.05, 0) is 35.7 Å². The third kappa shape index (κ3) is 3.78. The Hall–Kier alpha value is -2.93. The molecule has 0 N–H and O–H groups in total. The zero-order valence-electron chi connectivity index (χ0n) is 15.2. The minimum Gasteiger partial charge on any atom is -0.469 e. The number of hydrogen-bond donors (Lipinski definition) is 0. The zero-order chi connectivity index (χ0) is 19.6. The standard InChI is InChI=1S/C20H20N2O4S/c1-21-27(24,25)17-10-9-16-12-18(22(2)19(16)13-17)15-7-4-14(5-8-15)6-11-20(23)26-3/h4-5,7-10,12-13H,1,6,11H2,2-3H3. The van der Waals surface area contributed by atoms with Crippen LogP contribution in [0.3, 0.4) is 0 Å². The number of ether oxygens (including phenoxy) is 1. The van der Waals surface area contributed by atoms with Crippen LogP contribution in [0.5, 0.6) is 0 Å². The van der Waals surface area contributed by atoms with Crippen molar-refractivity contribution < 1.29 is 17.9 Å². The number of fused-ring (bicyclic) bond motifs is 1. The molecule has 0 saturated carbocycles. The molecule has 1 heterocycles. The summed E-state index contributed by atoms with van der Waals surface area (Å²) in [6.45, 7) is 3.13. The highest BCUT2D eigenvalue weighted by molar-refractivity contribution is 7.90. The molecule has 6 nitrogen and oxygen atoms in total. The van der Waals surface area contributed by atoms with E-state index in [1.165, 1.54) is 13.2 Å². The first-order valence-electron chi connectivity index (χ1n) is 8.34. The van der Waals surface area contributed by atoms with E-state index in [1.54, 1.807) is 12.1 Å². The number of aryl methyl sites for hydroxylation is 2. The minimum atomic E-state index is -3.72. The molecule has 0 spiro atoms. The summed E-state index contributed by atoms with van der Waals surface area (Å²) in [5, 5.41) is 0.935. The first-order valence-corrected chi connectivity index (χ1v) is 9.78. The number of esters is 1. The molecule has 0 fully saturated rings. The summed E-state index contributed by atoms with van der Waals surface area (Å²) < 4.78 is 33.7. The van der Waals surface area contributed by atoms with Gasteiger partial charge < -0.3 is 9.30 Å². The molecule has 3 aromatic rings. The molecule has 0 bridgehead atoms. The summed E-state index contributed by atoms with van der Waals surface area (Å²) in [7, 11) is -0.449. The second-order valence-corrected chi connectivity index (χ2v) is 7.87. The van der Waals surface area contributed by atoms with E-state index >= 15 is 0 Å². The topological polar surface area (TPSA) is 77.7 Å². The van der Waals surface area contributed by atoms with Crippen molar-refractivity contribution >= 4 is 33.6 Å². The van der Waals surface area contributed by atoms with E-state index in [0.717, 1.165) is 27.7 Å². The van der Waals surface area contributed by atoms with Gasteiger partial charge in [-0.2, -0.15) is 12.8 Å². The van der Waals surface area contributed by atoms with Crippen molar-refractivity contribution in [3.63, 3.8) is 0 Å². The maximum atomic E-state index is 11.9. The van der Waals surface area contributed by atoms with E-state index in [4.69, 9.17) is 0 Å². The van der Waals surface area contributed by atoms with E-state index < -0.39 is 10.0 Å². The Bertz CT molecular complexity index is 1110. The Kier molecular flexibility index (Phi) is 5.14. The summed E-state index contributed by atoms with van der Waals surface area (Å²) in [5.41, 5.74) is 3.81. The van der Waals surface area contributed by atoms with Crippen LogP contribution in [0.4, 0.5) is 0 Å². The Morgan fingerprint density at radius 3 is 2.48 bits per heavy atom. The lowest BCUT2D eigenvalue weighted by Crippen LogP contribution is -2.01. The molecule has 0 unspecified atom stereocenters. The van der Waals surface area contributed by atoms with Crippen molar-refractivity contribution in [3.8, 4) is 11.3 Å². The normalized spacial score (nSPS) is 11.5. The average Bonchev–Trinajstić information content (AvgIpc) is 3.02. The molecule has 3 rings (SSSR count). The van der Waals surface area contributed by atoms with Gasteiger partial charge >= 0.3 is 5.97 Å². The Morgan fingerprint density at radius 2 is 1.85 bits per heavy atom. The summed E-state index contributed by atoms with van der Waals surface area (Å²) in [6, 6.07) is 14.9. The van der Waals surface area contributed by atoms with Crippen molar-refractivity contribution in [2.45, 2.75) is 17.7 Å². The van der Waals surface area contributed by atoms with Gasteiger partial charge in [0.1, 0.15) is 0 Å². The number of sulfonamides is 1. The fraction of sp³-hybridized carbons (Fsp3) is 0.200. The fourth-order valence-corrected chi connectivity index (χ4v) is 3.66. The molecule has 0 atom stereocenters. The van der Waals surface area contributed by atoms with Gasteiger partial charge in [0.25, 0.3) is 10.0 Å². The molecule has 7 heteroatoms. The smallest absolute Gasteiger partial charge is 0.305 e. The van der Waals surface area contributed by atoms with Crippen LogP contribution in [0.1, 0.15) is 12.0 Å². The first-order chi connectivity index (χ1) is 12.9. The molecule has 0 aliphatic rings. The molecule has 2 aromatic carbocycles. The molecular weight excluding hydrogens is 364 g/mol. The number of nitrogens with zero attached hydrogens (tertiary/aromatic N) is 2. The third-order valence-electron chi connectivity index (χ3n) is 4.58. The second-order valence-electron chi connectivity index (χ2n) is 6.19. The highest BCUT2D eigenvalue weighted by atomic mass is 32.2. The number of carbonyl (C=O) groups excluding carboxylic acids is 1. The zero-order valence-corrected chi connectivity index (χ0v) is 16.0. The number of hydrogen-bond acceptors (Lipinski definition) is 4. The van der Waals surface area contributed by atoms with E-state index in [-0.39, 0.29) is 10.9 Å². The highest BCUT2D eigenvalue weighted by Gasteiger charge is 2.15. The first kappa shape index (κ1) is 18.8.